The summed E-state index contributed by atoms with van der Waals surface area (Å²) in [6, 6.07) is 0. The molecule has 7 aromatic rings. The summed E-state index contributed by atoms with van der Waals surface area (Å²) < 4.78 is 25.3. The summed E-state index contributed by atoms with van der Waals surface area (Å²) in [6.07, 6.45) is 0. The maximum atomic E-state index is 10.4. The largest absolute Gasteiger partial charge is 0.388 e. The first-order valence-electron chi connectivity index (χ1n) is 14.9. The van der Waals surface area contributed by atoms with Gasteiger partial charge in [0, 0.05) is 26.2 Å². The van der Waals surface area contributed by atoms with Crippen molar-refractivity contribution in [2.45, 2.75) is 69.2 Å². The molecule has 0 saturated carbocycles. The van der Waals surface area contributed by atoms with Crippen LogP contribution in [0.2, 0.25) is 0 Å². The summed E-state index contributed by atoms with van der Waals surface area (Å²) in [7, 11) is 0. The van der Waals surface area contributed by atoms with E-state index in [1.807, 2.05) is 48.5 Å². The number of rotatable bonds is 3. The minimum Gasteiger partial charge on any atom is -0.388 e. The molecule has 0 unspecified atom stereocenters. The van der Waals surface area contributed by atoms with Gasteiger partial charge >= 0.3 is 0 Å². The molecule has 8 N–H and O–H groups in total. The van der Waals surface area contributed by atoms with Gasteiger partial charge in [0.1, 0.15) is 5.00 Å². The lowest BCUT2D eigenvalue weighted by molar-refractivity contribution is 0.0986. The smallest absolute Gasteiger partial charge is 0.270 e. The van der Waals surface area contributed by atoms with Gasteiger partial charge in [-0.3, -0.25) is 14.4 Å². The van der Waals surface area contributed by atoms with Crippen LogP contribution >= 0.6 is 80.7 Å². The van der Waals surface area contributed by atoms with Crippen molar-refractivity contribution < 1.29 is 14.4 Å². The summed E-state index contributed by atoms with van der Waals surface area (Å²) >= 11 is 9.06. The van der Waals surface area contributed by atoms with Gasteiger partial charge in [-0.2, -0.15) is 0 Å². The molecule has 0 fully saturated rings. The first kappa shape index (κ1) is 48.1. The van der Waals surface area contributed by atoms with Gasteiger partial charge < -0.3 is 22.9 Å². The van der Waals surface area contributed by atoms with E-state index in [9.17, 15) is 14.4 Å². The topological polar surface area (TPSA) is 336 Å². The quantitative estimate of drug-likeness (QED) is 0.196. The van der Waals surface area contributed by atoms with Crippen LogP contribution in [0.3, 0.4) is 0 Å². The number of aryl methyl sites for hydroxylation is 10. The summed E-state index contributed by atoms with van der Waals surface area (Å²) in [5.41, 5.74) is 24.9. The maximum Gasteiger partial charge on any atom is 0.270 e. The number of hydrogen-bond acceptors (Lipinski definition) is 25. The van der Waals surface area contributed by atoms with E-state index < -0.39 is 17.7 Å². The standard InChI is InChI=1S/3C4H5N3OS.3C4H6N2S.C3H5N3S/c3*1-2-3(4(5)8)6-7-9-2;3*1-3-4(2)7-6-5-3;1-2-3(4)7-6-5-2/h3*1H3,(H2,5,8);3*1-2H3;4H2,1H3. The minimum absolute atomic E-state index is 0.278. The molecule has 55 heavy (non-hydrogen) atoms. The Bertz CT molecular complexity index is 1840. The lowest BCUT2D eigenvalue weighted by atomic mass is 10.4. The van der Waals surface area contributed by atoms with Crippen LogP contribution in [0.4, 0.5) is 5.00 Å². The van der Waals surface area contributed by atoms with Crippen LogP contribution in [0.25, 0.3) is 0 Å². The molecule has 0 aliphatic rings. The van der Waals surface area contributed by atoms with Gasteiger partial charge in [0.25, 0.3) is 17.7 Å². The summed E-state index contributed by atoms with van der Waals surface area (Å²) in [4.78, 5) is 37.2. The van der Waals surface area contributed by atoms with Crippen molar-refractivity contribution in [2.24, 2.45) is 17.2 Å². The van der Waals surface area contributed by atoms with Gasteiger partial charge in [-0.25, -0.2) is 0 Å². The molecule has 0 saturated heterocycles. The van der Waals surface area contributed by atoms with Crippen molar-refractivity contribution in [3.63, 3.8) is 0 Å². The number of nitrogen functional groups attached to an aromatic ring is 1. The molecule has 0 radical (unpaired) electrons. The number of carbonyl (C=O) groups excluding carboxylic acids is 3. The van der Waals surface area contributed by atoms with Gasteiger partial charge in [-0.1, -0.05) is 31.4 Å². The predicted molar refractivity (Wildman–Crippen MR) is 217 cm³/mol. The molecule has 7 rings (SSSR count). The molecule has 0 aliphatic carbocycles. The molecule has 7 aromatic heterocycles. The van der Waals surface area contributed by atoms with Crippen LogP contribution in [0.1, 0.15) is 83.5 Å². The molecule has 28 heteroatoms. The number of nitrogens with two attached hydrogens (primary N) is 4. The lowest BCUT2D eigenvalue weighted by Crippen LogP contribution is -2.12. The monoisotopic (exact) mass is 886 g/mol. The Morgan fingerprint density at radius 3 is 0.636 bits per heavy atom. The number of carbonyl (C=O) groups is 3. The molecule has 0 spiro atoms. The van der Waals surface area contributed by atoms with E-state index in [0.29, 0.717) is 5.00 Å². The molecular weight excluding hydrogens is 849 g/mol. The van der Waals surface area contributed by atoms with Crippen LogP contribution in [-0.4, -0.2) is 84.8 Å². The third kappa shape index (κ3) is 18.3. The Labute approximate surface area is 344 Å². The molecule has 0 bridgehead atoms. The molecule has 0 atom stereocenters. The van der Waals surface area contributed by atoms with Crippen molar-refractivity contribution in [2.75, 3.05) is 5.73 Å². The van der Waals surface area contributed by atoms with E-state index in [1.54, 1.807) is 20.8 Å². The molecular formula is C27H38N18O3S7. The fraction of sp³-hybridized carbons (Fsp3) is 0.370. The van der Waals surface area contributed by atoms with E-state index in [2.05, 4.69) is 67.1 Å². The van der Waals surface area contributed by atoms with E-state index in [1.165, 1.54) is 95.4 Å². The molecule has 21 nitrogen and oxygen atoms in total. The second-order valence-electron chi connectivity index (χ2n) is 10.1. The average Bonchev–Trinajstić information content (AvgIpc) is 4.00. The first-order valence-corrected chi connectivity index (χ1v) is 20.4. The van der Waals surface area contributed by atoms with Crippen molar-refractivity contribution in [1.29, 1.82) is 0 Å². The highest BCUT2D eigenvalue weighted by atomic mass is 32.1. The fourth-order valence-corrected chi connectivity index (χ4v) is 5.67. The summed E-state index contributed by atoms with van der Waals surface area (Å²) in [6.45, 7) is 19.0. The molecule has 0 aromatic carbocycles. The second kappa shape index (κ2) is 25.3. The van der Waals surface area contributed by atoms with Crippen LogP contribution in [0.5, 0.6) is 0 Å². The Morgan fingerprint density at radius 2 is 0.564 bits per heavy atom. The molecule has 296 valence electrons. The van der Waals surface area contributed by atoms with Crippen LogP contribution in [0.15, 0.2) is 0 Å². The van der Waals surface area contributed by atoms with Crippen LogP contribution < -0.4 is 22.9 Å². The maximum absolute atomic E-state index is 10.4. The van der Waals surface area contributed by atoms with Crippen LogP contribution in [-0.2, 0) is 0 Å². The number of anilines is 1. The number of nitrogens with zero attached hydrogens (tertiary/aromatic N) is 14. The van der Waals surface area contributed by atoms with Crippen molar-refractivity contribution in [1.82, 2.24) is 67.1 Å². The Hall–Kier alpha value is -4.87. The molecule has 7 heterocycles. The van der Waals surface area contributed by atoms with E-state index >= 15 is 0 Å². The molecule has 3 amide bonds. The van der Waals surface area contributed by atoms with E-state index in [-0.39, 0.29) is 17.1 Å². The zero-order chi connectivity index (χ0) is 41.7. The highest BCUT2D eigenvalue weighted by Gasteiger charge is 2.09. The van der Waals surface area contributed by atoms with Crippen molar-refractivity contribution in [3.8, 4) is 0 Å². The minimum atomic E-state index is -0.513. The Kier molecular flexibility index (Phi) is 22.1. The first-order chi connectivity index (χ1) is 25.9. The van der Waals surface area contributed by atoms with Gasteiger partial charge in [-0.15, -0.1) is 35.7 Å². The van der Waals surface area contributed by atoms with Crippen molar-refractivity contribution in [3.05, 3.63) is 69.1 Å². The summed E-state index contributed by atoms with van der Waals surface area (Å²) in [5.74, 6) is -1.54. The zero-order valence-corrected chi connectivity index (χ0v) is 36.9. The predicted octanol–water partition coefficient (Wildman–Crippen LogP) is 3.73. The fourth-order valence-electron chi connectivity index (χ4n) is 2.46. The normalized spacial score (nSPS) is 9.42. The number of primary amides is 3. The second-order valence-corrected chi connectivity index (χ2v) is 16.6. The van der Waals surface area contributed by atoms with Crippen LogP contribution in [0, 0.1) is 69.2 Å². The number of amides is 3. The van der Waals surface area contributed by atoms with Crippen molar-refractivity contribution >= 4 is 103 Å². The van der Waals surface area contributed by atoms with Gasteiger partial charge in [0.2, 0.25) is 0 Å². The van der Waals surface area contributed by atoms with E-state index in [4.69, 9.17) is 22.9 Å². The Balaban J connectivity index is 0.000000322. The molecule has 0 aliphatic heterocycles. The van der Waals surface area contributed by atoms with Gasteiger partial charge in [0.05, 0.1) is 37.4 Å². The van der Waals surface area contributed by atoms with E-state index in [0.717, 1.165) is 37.4 Å². The third-order valence-electron chi connectivity index (χ3n) is 5.98. The van der Waals surface area contributed by atoms with Gasteiger partial charge in [0.15, 0.2) is 17.1 Å². The van der Waals surface area contributed by atoms with Gasteiger partial charge in [-0.05, 0) is 138 Å². The lowest BCUT2D eigenvalue weighted by Gasteiger charge is -1.83. The average molecular weight is 887 g/mol. The highest BCUT2D eigenvalue weighted by molar-refractivity contribution is 7.09. The highest BCUT2D eigenvalue weighted by Crippen LogP contribution is 2.10. The SMILES string of the molecule is Cc1nnsc1C.Cc1nnsc1C.Cc1nnsc1C.Cc1nnsc1N.Cc1snnc1C(N)=O.Cc1snnc1C(N)=O.Cc1snnc1C(N)=O. The summed E-state index contributed by atoms with van der Waals surface area (Å²) in [5, 5.41) is 26.2. The zero-order valence-electron chi connectivity index (χ0n) is 31.2. The number of hydrogen-bond donors (Lipinski definition) is 4. The third-order valence-corrected chi connectivity index (χ3v) is 10.7. The Morgan fingerprint density at radius 1 is 0.345 bits per heavy atom. The number of aromatic nitrogens is 14.